The third-order valence-electron chi connectivity index (χ3n) is 1.66. The molecule has 2 rings (SSSR count). The molecule has 2 heterocycles. The van der Waals surface area contributed by atoms with Crippen LogP contribution in [-0.4, -0.2) is 15.1 Å². The van der Waals surface area contributed by atoms with E-state index in [1.807, 2.05) is 0 Å². The van der Waals surface area contributed by atoms with Crippen LogP contribution in [0.1, 0.15) is 5.89 Å². The van der Waals surface area contributed by atoms with Crippen LogP contribution in [0.15, 0.2) is 16.8 Å². The van der Waals surface area contributed by atoms with E-state index in [0.717, 1.165) is 0 Å². The van der Waals surface area contributed by atoms with Crippen LogP contribution in [-0.2, 0) is 6.54 Å². The Hall–Kier alpha value is -1.17. The highest BCUT2D eigenvalue weighted by atomic mass is 35.5. The van der Waals surface area contributed by atoms with Gasteiger partial charge in [-0.2, -0.15) is 4.98 Å². The minimum absolute atomic E-state index is 0.179. The van der Waals surface area contributed by atoms with Crippen LogP contribution >= 0.6 is 23.2 Å². The topological polar surface area (TPSA) is 77.8 Å². The van der Waals surface area contributed by atoms with E-state index in [2.05, 4.69) is 15.1 Å². The van der Waals surface area contributed by atoms with E-state index in [4.69, 9.17) is 33.5 Å². The Labute approximate surface area is 95.2 Å². The van der Waals surface area contributed by atoms with Crippen molar-refractivity contribution in [2.24, 2.45) is 5.73 Å². The molecule has 2 aromatic heterocycles. The average molecular weight is 245 g/mol. The standard InChI is InChI=1S/C8H6Cl2N4O/c9-4-1-5(10)7(12-3-4)8-13-6(2-11)15-14-8/h1,3H,2,11H2. The summed E-state index contributed by atoms with van der Waals surface area (Å²) in [5, 5.41) is 4.51. The first-order valence-corrected chi connectivity index (χ1v) is 4.80. The van der Waals surface area contributed by atoms with E-state index in [9.17, 15) is 0 Å². The highest BCUT2D eigenvalue weighted by Gasteiger charge is 2.12. The fraction of sp³-hybridized carbons (Fsp3) is 0.125. The van der Waals surface area contributed by atoms with Gasteiger partial charge in [-0.15, -0.1) is 0 Å². The van der Waals surface area contributed by atoms with Gasteiger partial charge in [-0.05, 0) is 6.07 Å². The molecule has 0 aliphatic heterocycles. The van der Waals surface area contributed by atoms with Crippen LogP contribution in [0.5, 0.6) is 0 Å². The fourth-order valence-corrected chi connectivity index (χ4v) is 1.48. The lowest BCUT2D eigenvalue weighted by molar-refractivity contribution is 0.380. The number of pyridine rings is 1. The molecule has 7 heteroatoms. The molecule has 2 aromatic rings. The molecule has 2 N–H and O–H groups in total. The van der Waals surface area contributed by atoms with Crippen molar-refractivity contribution < 1.29 is 4.52 Å². The molecule has 0 fully saturated rings. The maximum absolute atomic E-state index is 5.92. The van der Waals surface area contributed by atoms with E-state index < -0.39 is 0 Å². The van der Waals surface area contributed by atoms with Crippen molar-refractivity contribution in [3.8, 4) is 11.5 Å². The highest BCUT2D eigenvalue weighted by Crippen LogP contribution is 2.25. The fourth-order valence-electron chi connectivity index (χ4n) is 1.01. The molecule has 15 heavy (non-hydrogen) atoms. The van der Waals surface area contributed by atoms with Gasteiger partial charge in [0.2, 0.25) is 11.7 Å². The Kier molecular flexibility index (Phi) is 2.86. The first-order valence-electron chi connectivity index (χ1n) is 4.05. The van der Waals surface area contributed by atoms with Crippen LogP contribution in [0.3, 0.4) is 0 Å². The Balaban J connectivity index is 2.44. The second kappa shape index (κ2) is 4.14. The predicted molar refractivity (Wildman–Crippen MR) is 55.4 cm³/mol. The van der Waals surface area contributed by atoms with Gasteiger partial charge in [-0.1, -0.05) is 28.4 Å². The van der Waals surface area contributed by atoms with Crippen molar-refractivity contribution in [1.82, 2.24) is 15.1 Å². The number of halogens is 2. The summed E-state index contributed by atoms with van der Waals surface area (Å²) < 4.78 is 4.84. The smallest absolute Gasteiger partial charge is 0.240 e. The van der Waals surface area contributed by atoms with Crippen molar-refractivity contribution in [2.45, 2.75) is 6.54 Å². The minimum atomic E-state index is 0.179. The summed E-state index contributed by atoms with van der Waals surface area (Å²) in [6, 6.07) is 1.56. The monoisotopic (exact) mass is 244 g/mol. The van der Waals surface area contributed by atoms with Crippen molar-refractivity contribution in [1.29, 1.82) is 0 Å². The number of nitrogens with zero attached hydrogens (tertiary/aromatic N) is 3. The maximum Gasteiger partial charge on any atom is 0.240 e. The van der Waals surface area contributed by atoms with Gasteiger partial charge in [-0.3, -0.25) is 0 Å². The zero-order valence-corrected chi connectivity index (χ0v) is 8.96. The normalized spacial score (nSPS) is 10.6. The molecule has 0 unspecified atom stereocenters. The zero-order valence-electron chi connectivity index (χ0n) is 7.44. The van der Waals surface area contributed by atoms with Gasteiger partial charge in [0.1, 0.15) is 5.69 Å². The molecule has 0 aliphatic rings. The highest BCUT2D eigenvalue weighted by molar-refractivity contribution is 6.35. The van der Waals surface area contributed by atoms with E-state index in [1.54, 1.807) is 6.07 Å². The molecule has 0 amide bonds. The molecule has 0 saturated heterocycles. The minimum Gasteiger partial charge on any atom is -0.338 e. The summed E-state index contributed by atoms with van der Waals surface area (Å²) in [4.78, 5) is 8.00. The summed E-state index contributed by atoms with van der Waals surface area (Å²) >= 11 is 11.6. The molecule has 0 radical (unpaired) electrons. The predicted octanol–water partition coefficient (Wildman–Crippen LogP) is 1.90. The van der Waals surface area contributed by atoms with E-state index in [-0.39, 0.29) is 6.54 Å². The lowest BCUT2D eigenvalue weighted by atomic mass is 10.3. The number of hydrogen-bond donors (Lipinski definition) is 1. The SMILES string of the molecule is NCc1nc(-c2ncc(Cl)cc2Cl)no1. The molecule has 0 atom stereocenters. The molecular weight excluding hydrogens is 239 g/mol. The van der Waals surface area contributed by atoms with Crippen molar-refractivity contribution >= 4 is 23.2 Å². The van der Waals surface area contributed by atoms with Gasteiger partial charge in [0, 0.05) is 6.20 Å². The van der Waals surface area contributed by atoms with Gasteiger partial charge in [0.05, 0.1) is 16.6 Å². The lowest BCUT2D eigenvalue weighted by Gasteiger charge is -1.97. The Morgan fingerprint density at radius 2 is 2.20 bits per heavy atom. The van der Waals surface area contributed by atoms with Crippen LogP contribution in [0.4, 0.5) is 0 Å². The van der Waals surface area contributed by atoms with Crippen molar-refractivity contribution in [3.05, 3.63) is 28.2 Å². The first-order chi connectivity index (χ1) is 7.20. The van der Waals surface area contributed by atoms with Crippen molar-refractivity contribution in [2.75, 3.05) is 0 Å². The molecule has 0 aromatic carbocycles. The maximum atomic E-state index is 5.92. The third kappa shape index (κ3) is 2.09. The van der Waals surface area contributed by atoms with Gasteiger partial charge < -0.3 is 10.3 Å². The van der Waals surface area contributed by atoms with E-state index in [1.165, 1.54) is 6.20 Å². The largest absolute Gasteiger partial charge is 0.338 e. The molecule has 0 aliphatic carbocycles. The van der Waals surface area contributed by atoms with E-state index in [0.29, 0.717) is 27.5 Å². The van der Waals surface area contributed by atoms with Gasteiger partial charge >= 0.3 is 0 Å². The van der Waals surface area contributed by atoms with Crippen LogP contribution in [0.25, 0.3) is 11.5 Å². The summed E-state index contributed by atoms with van der Waals surface area (Å²) in [5.74, 6) is 0.634. The summed E-state index contributed by atoms with van der Waals surface area (Å²) in [7, 11) is 0. The van der Waals surface area contributed by atoms with E-state index >= 15 is 0 Å². The second-order valence-corrected chi connectivity index (χ2v) is 3.54. The zero-order chi connectivity index (χ0) is 10.8. The lowest BCUT2D eigenvalue weighted by Crippen LogP contribution is -1.96. The van der Waals surface area contributed by atoms with Crippen LogP contribution in [0.2, 0.25) is 10.0 Å². The Morgan fingerprint density at radius 3 is 2.80 bits per heavy atom. The number of aromatic nitrogens is 3. The van der Waals surface area contributed by atoms with Crippen molar-refractivity contribution in [3.63, 3.8) is 0 Å². The van der Waals surface area contributed by atoms with Gasteiger partial charge in [0.15, 0.2) is 0 Å². The summed E-state index contributed by atoms with van der Waals surface area (Å²) in [6.45, 7) is 0.179. The summed E-state index contributed by atoms with van der Waals surface area (Å²) in [5.41, 5.74) is 5.75. The number of rotatable bonds is 2. The Bertz CT molecular complexity index is 485. The quantitative estimate of drug-likeness (QED) is 0.874. The number of nitrogens with two attached hydrogens (primary N) is 1. The van der Waals surface area contributed by atoms with Gasteiger partial charge in [-0.25, -0.2) is 4.98 Å². The molecule has 0 saturated carbocycles. The second-order valence-electron chi connectivity index (χ2n) is 2.70. The molecule has 5 nitrogen and oxygen atoms in total. The average Bonchev–Trinajstić information content (AvgIpc) is 2.66. The number of hydrogen-bond acceptors (Lipinski definition) is 5. The van der Waals surface area contributed by atoms with Crippen LogP contribution < -0.4 is 5.73 Å². The first kappa shape index (κ1) is 10.4. The molecular formula is C8H6Cl2N4O. The summed E-state index contributed by atoms with van der Waals surface area (Å²) in [6.07, 6.45) is 1.46. The molecule has 0 bridgehead atoms. The molecule has 0 spiro atoms. The van der Waals surface area contributed by atoms with Crippen LogP contribution in [0, 0.1) is 0 Å². The Morgan fingerprint density at radius 1 is 1.40 bits per heavy atom. The van der Waals surface area contributed by atoms with Gasteiger partial charge in [0.25, 0.3) is 0 Å². The molecule has 78 valence electrons. The third-order valence-corrected chi connectivity index (χ3v) is 2.16.